The molecule has 2 heterocycles. The lowest BCUT2D eigenvalue weighted by molar-refractivity contribution is -0.145. The molecule has 50 heavy (non-hydrogen) atoms. The summed E-state index contributed by atoms with van der Waals surface area (Å²) < 4.78 is 9.72. The van der Waals surface area contributed by atoms with Crippen molar-refractivity contribution in [3.8, 4) is 0 Å². The molecule has 3 aromatic rings. The number of rotatable bonds is 16. The smallest absolute Gasteiger partial charge is 0.328 e. The van der Waals surface area contributed by atoms with E-state index in [9.17, 15) is 28.8 Å². The van der Waals surface area contributed by atoms with Gasteiger partial charge in [-0.05, 0) is 34.8 Å². The van der Waals surface area contributed by atoms with Gasteiger partial charge in [0.25, 0.3) is 23.6 Å². The molecule has 0 saturated heterocycles. The van der Waals surface area contributed by atoms with Crippen LogP contribution in [0.5, 0.6) is 0 Å². The Balaban J connectivity index is 1.62. The molecule has 0 saturated carbocycles. The van der Waals surface area contributed by atoms with Crippen LogP contribution in [0.4, 0.5) is 0 Å². The molecule has 270 valence electrons. The average Bonchev–Trinajstić information content (AvgIpc) is 3.81. The predicted molar refractivity (Wildman–Crippen MR) is 181 cm³/mol. The summed E-state index contributed by atoms with van der Waals surface area (Å²) in [5, 5.41) is 10.8. The highest BCUT2D eigenvalue weighted by Gasteiger charge is 2.33. The van der Waals surface area contributed by atoms with E-state index in [4.69, 9.17) is 9.47 Å². The van der Waals surface area contributed by atoms with Gasteiger partial charge in [-0.1, -0.05) is 65.8 Å². The third-order valence-electron chi connectivity index (χ3n) is 8.70. The van der Waals surface area contributed by atoms with Gasteiger partial charge in [0.05, 0.1) is 26.9 Å². The number of methoxy groups -OCH3 is 2. The fraction of sp³-hybridized carbons (Fsp3) is 0.471. The van der Waals surface area contributed by atoms with E-state index in [2.05, 4.69) is 41.2 Å². The first-order valence-electron chi connectivity index (χ1n) is 16.2. The predicted octanol–water partition coefficient (Wildman–Crippen LogP) is 2.12. The van der Waals surface area contributed by atoms with Gasteiger partial charge in [0, 0.05) is 13.1 Å². The lowest BCUT2D eigenvalue weighted by Crippen LogP contribution is -2.47. The fourth-order valence-electron chi connectivity index (χ4n) is 4.92. The van der Waals surface area contributed by atoms with Gasteiger partial charge in [-0.3, -0.25) is 19.2 Å². The highest BCUT2D eigenvalue weighted by atomic mass is 16.5. The summed E-state index contributed by atoms with van der Waals surface area (Å²) in [5.74, 6) is -4.18. The number of esters is 2. The third-order valence-corrected chi connectivity index (χ3v) is 8.70. The molecular weight excluding hydrogens is 648 g/mol. The second-order valence-electron chi connectivity index (χ2n) is 12.6. The number of ether oxygens (including phenoxy) is 2. The van der Waals surface area contributed by atoms with Crippen LogP contribution in [0.15, 0.2) is 36.9 Å². The lowest BCUT2D eigenvalue weighted by Gasteiger charge is -2.25. The maximum absolute atomic E-state index is 13.1. The molecular formula is C34H46N8O8. The maximum atomic E-state index is 13.1. The number of benzene rings is 1. The van der Waals surface area contributed by atoms with Crippen LogP contribution in [0.25, 0.3) is 0 Å². The van der Waals surface area contributed by atoms with Crippen molar-refractivity contribution in [2.45, 2.75) is 66.7 Å². The number of nitrogens with zero attached hydrogens (tertiary/aromatic N) is 2. The number of amides is 4. The number of imidazole rings is 2. The molecule has 4 amide bonds. The van der Waals surface area contributed by atoms with E-state index in [0.717, 1.165) is 0 Å². The van der Waals surface area contributed by atoms with Gasteiger partial charge in [0.2, 0.25) is 0 Å². The summed E-state index contributed by atoms with van der Waals surface area (Å²) in [6.45, 7) is 11.5. The van der Waals surface area contributed by atoms with Crippen LogP contribution < -0.4 is 21.3 Å². The first kappa shape index (κ1) is 38.9. The standard InChI is InChI=1S/C34H46N8O8/c1-17(2)19(5)23(33(47)49-7)41-31(45)27-25(37-15-39-27)29(43)35-13-21-10-9-11-22(12-21)14-36-30(44)26-28(40-16-38-26)32(46)42-24(34(48)50-8)20(6)18(3)4/h9-12,15-20,23-24H,13-14H2,1-8H3,(H,35,43)(H,36,44)(H,37,39)(H,38,40)(H,41,45)(H,42,46)/t19-,20-,23-,24-/m0/s1. The zero-order valence-corrected chi connectivity index (χ0v) is 29.5. The molecule has 3 rings (SSSR count). The zero-order valence-electron chi connectivity index (χ0n) is 29.5. The molecule has 16 heteroatoms. The quantitative estimate of drug-likeness (QED) is 0.120. The van der Waals surface area contributed by atoms with Crippen molar-refractivity contribution >= 4 is 35.6 Å². The zero-order chi connectivity index (χ0) is 37.1. The number of carbonyl (C=O) groups is 6. The highest BCUT2D eigenvalue weighted by Crippen LogP contribution is 2.18. The second-order valence-corrected chi connectivity index (χ2v) is 12.6. The minimum atomic E-state index is -0.933. The van der Waals surface area contributed by atoms with Crippen molar-refractivity contribution in [3.05, 3.63) is 70.8 Å². The lowest BCUT2D eigenvalue weighted by atomic mass is 9.90. The maximum Gasteiger partial charge on any atom is 0.328 e. The van der Waals surface area contributed by atoms with Crippen LogP contribution in [0.2, 0.25) is 0 Å². The summed E-state index contributed by atoms with van der Waals surface area (Å²) in [6, 6.07) is 5.19. The molecule has 0 aliphatic carbocycles. The van der Waals surface area contributed by atoms with Gasteiger partial charge < -0.3 is 40.7 Å². The highest BCUT2D eigenvalue weighted by molar-refractivity contribution is 6.06. The first-order chi connectivity index (χ1) is 23.7. The Kier molecular flexibility index (Phi) is 13.8. The Morgan fingerprint density at radius 3 is 1.36 bits per heavy atom. The summed E-state index contributed by atoms with van der Waals surface area (Å²) in [6.07, 6.45) is 2.43. The van der Waals surface area contributed by atoms with E-state index in [0.29, 0.717) is 11.1 Å². The Morgan fingerprint density at radius 1 is 0.640 bits per heavy atom. The molecule has 4 atom stereocenters. The molecule has 0 radical (unpaired) electrons. The molecule has 0 spiro atoms. The number of carbonyl (C=O) groups excluding carboxylic acids is 6. The van der Waals surface area contributed by atoms with E-state index in [1.807, 2.05) is 41.5 Å². The molecule has 0 aliphatic rings. The van der Waals surface area contributed by atoms with Crippen LogP contribution in [0, 0.1) is 23.7 Å². The second kappa shape index (κ2) is 17.7. The van der Waals surface area contributed by atoms with Crippen molar-refractivity contribution in [1.82, 2.24) is 41.2 Å². The van der Waals surface area contributed by atoms with Crippen LogP contribution in [-0.2, 0) is 32.2 Å². The summed E-state index contributed by atoms with van der Waals surface area (Å²) in [4.78, 5) is 90.3. The number of aromatic nitrogens is 4. The number of aromatic amines is 2. The number of hydrogen-bond acceptors (Lipinski definition) is 10. The fourth-order valence-corrected chi connectivity index (χ4v) is 4.92. The molecule has 0 aliphatic heterocycles. The van der Waals surface area contributed by atoms with E-state index >= 15 is 0 Å². The van der Waals surface area contributed by atoms with Gasteiger partial charge in [-0.15, -0.1) is 0 Å². The third kappa shape index (κ3) is 9.76. The van der Waals surface area contributed by atoms with Crippen molar-refractivity contribution in [2.75, 3.05) is 14.2 Å². The van der Waals surface area contributed by atoms with E-state index in [1.54, 1.807) is 24.3 Å². The molecule has 6 N–H and O–H groups in total. The van der Waals surface area contributed by atoms with Gasteiger partial charge in [0.1, 0.15) is 23.5 Å². The topological polar surface area (TPSA) is 226 Å². The number of hydrogen-bond donors (Lipinski definition) is 6. The Morgan fingerprint density at radius 2 is 1.02 bits per heavy atom. The van der Waals surface area contributed by atoms with Gasteiger partial charge in [-0.25, -0.2) is 19.6 Å². The van der Waals surface area contributed by atoms with Crippen molar-refractivity contribution < 1.29 is 38.2 Å². The largest absolute Gasteiger partial charge is 0.467 e. The number of nitrogens with one attached hydrogen (secondary N) is 6. The Hall–Kier alpha value is -5.54. The average molecular weight is 695 g/mol. The molecule has 0 bridgehead atoms. The minimum absolute atomic E-state index is 0.0609. The number of H-pyrrole nitrogens is 2. The van der Waals surface area contributed by atoms with Crippen LogP contribution in [0.3, 0.4) is 0 Å². The van der Waals surface area contributed by atoms with Crippen LogP contribution in [0.1, 0.15) is 94.6 Å². The molecule has 0 fully saturated rings. The Labute approximate surface area is 290 Å². The van der Waals surface area contributed by atoms with Crippen molar-refractivity contribution in [1.29, 1.82) is 0 Å². The first-order valence-corrected chi connectivity index (χ1v) is 16.2. The van der Waals surface area contributed by atoms with Gasteiger partial charge >= 0.3 is 11.9 Å². The molecule has 1 aromatic carbocycles. The minimum Gasteiger partial charge on any atom is -0.467 e. The van der Waals surface area contributed by atoms with E-state index in [1.165, 1.54) is 26.9 Å². The van der Waals surface area contributed by atoms with Gasteiger partial charge in [-0.2, -0.15) is 0 Å². The van der Waals surface area contributed by atoms with E-state index < -0.39 is 47.7 Å². The van der Waals surface area contributed by atoms with Crippen LogP contribution >= 0.6 is 0 Å². The summed E-state index contributed by atoms with van der Waals surface area (Å²) in [5.41, 5.74) is 0.881. The van der Waals surface area contributed by atoms with Crippen LogP contribution in [-0.4, -0.2) is 81.8 Å². The van der Waals surface area contributed by atoms with Crippen molar-refractivity contribution in [3.63, 3.8) is 0 Å². The van der Waals surface area contributed by atoms with E-state index in [-0.39, 0.29) is 59.5 Å². The normalized spacial score (nSPS) is 13.5. The molecule has 2 aromatic heterocycles. The monoisotopic (exact) mass is 694 g/mol. The summed E-state index contributed by atoms with van der Waals surface area (Å²) in [7, 11) is 2.47. The molecule has 0 unspecified atom stereocenters. The summed E-state index contributed by atoms with van der Waals surface area (Å²) >= 11 is 0. The van der Waals surface area contributed by atoms with Crippen molar-refractivity contribution in [2.24, 2.45) is 23.7 Å². The van der Waals surface area contributed by atoms with Gasteiger partial charge in [0.15, 0.2) is 11.4 Å². The molecule has 16 nitrogen and oxygen atoms in total. The Bertz CT molecular complexity index is 1560. The SMILES string of the molecule is COC(=O)[C@@H](NC(=O)c1nc[nH]c1C(=O)NCc1cccc(CNC(=O)c2[nH]cnc2C(=O)N[C@H](C(=O)OC)[C@@H](C)C(C)C)c1)[C@@H](C)C(C)C.